The average molecular weight is 378 g/mol. The predicted octanol–water partition coefficient (Wildman–Crippen LogP) is 1.79. The quantitative estimate of drug-likeness (QED) is 0.801. The van der Waals surface area contributed by atoms with E-state index in [2.05, 4.69) is 0 Å². The molecule has 0 N–H and O–H groups in total. The van der Waals surface area contributed by atoms with Gasteiger partial charge in [0, 0.05) is 38.5 Å². The van der Waals surface area contributed by atoms with Gasteiger partial charge in [-0.2, -0.15) is 4.31 Å². The first-order chi connectivity index (χ1) is 12.4. The summed E-state index contributed by atoms with van der Waals surface area (Å²) in [6.45, 7) is 4.94. The summed E-state index contributed by atoms with van der Waals surface area (Å²) in [7, 11) is -3.45. The zero-order chi connectivity index (χ0) is 18.4. The maximum Gasteiger partial charge on any atom is 0.243 e. The van der Waals surface area contributed by atoms with Crippen molar-refractivity contribution in [2.24, 2.45) is 5.92 Å². The molecule has 1 aromatic rings. The Bertz CT molecular complexity index is 792. The van der Waals surface area contributed by atoms with Crippen molar-refractivity contribution in [1.29, 1.82) is 0 Å². The van der Waals surface area contributed by atoms with E-state index in [1.165, 1.54) is 4.31 Å². The highest BCUT2D eigenvalue weighted by atomic mass is 32.2. The predicted molar refractivity (Wildman–Crippen MR) is 97.2 cm³/mol. The minimum absolute atomic E-state index is 0.254. The van der Waals surface area contributed by atoms with Crippen molar-refractivity contribution >= 4 is 15.9 Å². The summed E-state index contributed by atoms with van der Waals surface area (Å²) in [6, 6.07) is 7.10. The zero-order valence-electron chi connectivity index (χ0n) is 15.2. The molecule has 1 aromatic carbocycles. The molecule has 1 unspecified atom stereocenters. The van der Waals surface area contributed by atoms with E-state index in [4.69, 9.17) is 4.74 Å². The molecule has 4 rings (SSSR count). The number of aryl methyl sites for hydroxylation is 1. The number of carbonyl (C=O) groups is 1. The summed E-state index contributed by atoms with van der Waals surface area (Å²) in [5.74, 6) is 0.620. The third kappa shape index (κ3) is 3.17. The second-order valence-electron chi connectivity index (χ2n) is 7.88. The van der Waals surface area contributed by atoms with Gasteiger partial charge in [0.1, 0.15) is 0 Å². The van der Waals surface area contributed by atoms with E-state index in [9.17, 15) is 13.2 Å². The lowest BCUT2D eigenvalue weighted by atomic mass is 9.84. The Balaban J connectivity index is 1.34. The Hall–Kier alpha value is -1.44. The van der Waals surface area contributed by atoms with E-state index in [1.54, 1.807) is 12.1 Å². The van der Waals surface area contributed by atoms with Crippen LogP contribution in [0.4, 0.5) is 0 Å². The molecule has 3 saturated heterocycles. The molecule has 3 fully saturated rings. The highest BCUT2D eigenvalue weighted by Crippen LogP contribution is 2.39. The number of amides is 1. The summed E-state index contributed by atoms with van der Waals surface area (Å²) < 4.78 is 33.3. The molecule has 3 aliphatic heterocycles. The molecule has 1 spiro atoms. The molecule has 0 radical (unpaired) electrons. The lowest BCUT2D eigenvalue weighted by molar-refractivity contribution is -0.160. The molecular weight excluding hydrogens is 352 g/mol. The first kappa shape index (κ1) is 17.9. The lowest BCUT2D eigenvalue weighted by Gasteiger charge is -2.52. The second-order valence-corrected chi connectivity index (χ2v) is 9.79. The van der Waals surface area contributed by atoms with Crippen LogP contribution in [0.2, 0.25) is 0 Å². The van der Waals surface area contributed by atoms with Crippen LogP contribution >= 0.6 is 0 Å². The lowest BCUT2D eigenvalue weighted by Crippen LogP contribution is -2.66. The number of hydrogen-bond acceptors (Lipinski definition) is 4. The van der Waals surface area contributed by atoms with Crippen LogP contribution < -0.4 is 0 Å². The minimum atomic E-state index is -3.45. The molecular formula is C19H26N2O4S. The van der Waals surface area contributed by atoms with Gasteiger partial charge < -0.3 is 9.64 Å². The van der Waals surface area contributed by atoms with E-state index < -0.39 is 10.0 Å². The van der Waals surface area contributed by atoms with Crippen LogP contribution in [0.25, 0.3) is 0 Å². The number of benzene rings is 1. The van der Waals surface area contributed by atoms with Crippen molar-refractivity contribution in [3.8, 4) is 0 Å². The summed E-state index contributed by atoms with van der Waals surface area (Å²) in [4.78, 5) is 14.1. The minimum Gasteiger partial charge on any atom is -0.372 e. The van der Waals surface area contributed by atoms with Gasteiger partial charge in [-0.3, -0.25) is 4.79 Å². The van der Waals surface area contributed by atoms with Gasteiger partial charge in [-0.25, -0.2) is 8.42 Å². The number of nitrogens with zero attached hydrogens (tertiary/aromatic N) is 2. The Morgan fingerprint density at radius 2 is 2.04 bits per heavy atom. The standard InChI is InChI=1S/C19H26N2O4S/c1-15-5-2-3-6-17(15)26(23,24)21-13-19(14-21)9-8-16(12-25-19)11-20-10-4-7-18(20)22/h2-3,5-6,16H,4,7-14H2,1H3. The van der Waals surface area contributed by atoms with Crippen LogP contribution in [0, 0.1) is 12.8 Å². The van der Waals surface area contributed by atoms with Crippen molar-refractivity contribution in [1.82, 2.24) is 9.21 Å². The molecule has 1 amide bonds. The third-order valence-electron chi connectivity index (χ3n) is 5.92. The molecule has 0 saturated carbocycles. The Morgan fingerprint density at radius 1 is 1.27 bits per heavy atom. The van der Waals surface area contributed by atoms with Gasteiger partial charge in [-0.15, -0.1) is 0 Å². The van der Waals surface area contributed by atoms with Crippen LogP contribution in [0.3, 0.4) is 0 Å². The number of sulfonamides is 1. The number of likely N-dealkylation sites (tertiary alicyclic amines) is 1. The normalized spacial score (nSPS) is 26.3. The molecule has 3 heterocycles. The molecule has 1 atom stereocenters. The van der Waals surface area contributed by atoms with Crippen LogP contribution in [0.1, 0.15) is 31.2 Å². The SMILES string of the molecule is Cc1ccccc1S(=O)(=O)N1CC2(CCC(CN3CCCC3=O)CO2)C1. The van der Waals surface area contributed by atoms with E-state index in [0.717, 1.165) is 37.9 Å². The molecule has 7 heteroatoms. The van der Waals surface area contributed by atoms with Gasteiger partial charge >= 0.3 is 0 Å². The summed E-state index contributed by atoms with van der Waals surface area (Å²) in [5.41, 5.74) is 0.440. The van der Waals surface area contributed by atoms with Crippen molar-refractivity contribution in [2.75, 3.05) is 32.8 Å². The average Bonchev–Trinajstić information content (AvgIpc) is 2.99. The van der Waals surface area contributed by atoms with Crippen LogP contribution in [-0.2, 0) is 19.6 Å². The second kappa shape index (κ2) is 6.62. The van der Waals surface area contributed by atoms with Crippen molar-refractivity contribution < 1.29 is 17.9 Å². The van der Waals surface area contributed by atoms with E-state index >= 15 is 0 Å². The van der Waals surface area contributed by atoms with Crippen LogP contribution in [-0.4, -0.2) is 61.9 Å². The Morgan fingerprint density at radius 3 is 2.65 bits per heavy atom. The maximum absolute atomic E-state index is 12.8. The molecule has 0 aliphatic carbocycles. The third-order valence-corrected chi connectivity index (χ3v) is 7.88. The first-order valence-corrected chi connectivity index (χ1v) is 10.8. The number of hydrogen-bond donors (Lipinski definition) is 0. The highest BCUT2D eigenvalue weighted by molar-refractivity contribution is 7.89. The van der Waals surface area contributed by atoms with E-state index in [-0.39, 0.29) is 11.5 Å². The van der Waals surface area contributed by atoms with Crippen LogP contribution in [0.15, 0.2) is 29.2 Å². The molecule has 0 aromatic heterocycles. The van der Waals surface area contributed by atoms with Crippen LogP contribution in [0.5, 0.6) is 0 Å². The molecule has 142 valence electrons. The van der Waals surface area contributed by atoms with Crippen molar-refractivity contribution in [2.45, 2.75) is 43.1 Å². The van der Waals surface area contributed by atoms with E-state index in [0.29, 0.717) is 36.9 Å². The smallest absolute Gasteiger partial charge is 0.243 e. The van der Waals surface area contributed by atoms with Gasteiger partial charge in [-0.05, 0) is 37.8 Å². The largest absolute Gasteiger partial charge is 0.372 e. The Labute approximate surface area is 155 Å². The first-order valence-electron chi connectivity index (χ1n) is 9.37. The fourth-order valence-electron chi connectivity index (χ4n) is 4.27. The topological polar surface area (TPSA) is 66.9 Å². The number of rotatable bonds is 4. The highest BCUT2D eigenvalue weighted by Gasteiger charge is 2.51. The summed E-state index contributed by atoms with van der Waals surface area (Å²) in [6.07, 6.45) is 3.48. The number of carbonyl (C=O) groups excluding carboxylic acids is 1. The monoisotopic (exact) mass is 378 g/mol. The van der Waals surface area contributed by atoms with Gasteiger partial charge in [0.15, 0.2) is 0 Å². The summed E-state index contributed by atoms with van der Waals surface area (Å²) >= 11 is 0. The molecule has 3 aliphatic rings. The molecule has 0 bridgehead atoms. The molecule has 26 heavy (non-hydrogen) atoms. The van der Waals surface area contributed by atoms with E-state index in [1.807, 2.05) is 24.0 Å². The number of ether oxygens (including phenoxy) is 1. The fraction of sp³-hybridized carbons (Fsp3) is 0.632. The maximum atomic E-state index is 12.8. The van der Waals surface area contributed by atoms with Gasteiger partial charge in [0.25, 0.3) is 0 Å². The van der Waals surface area contributed by atoms with Gasteiger partial charge in [-0.1, -0.05) is 18.2 Å². The molecule has 6 nitrogen and oxygen atoms in total. The zero-order valence-corrected chi connectivity index (χ0v) is 16.0. The fourth-order valence-corrected chi connectivity index (χ4v) is 6.08. The van der Waals surface area contributed by atoms with Gasteiger partial charge in [0.05, 0.1) is 17.1 Å². The van der Waals surface area contributed by atoms with Crippen molar-refractivity contribution in [3.63, 3.8) is 0 Å². The van der Waals surface area contributed by atoms with Gasteiger partial charge in [0.2, 0.25) is 15.9 Å². The Kier molecular flexibility index (Phi) is 4.57. The van der Waals surface area contributed by atoms with Crippen molar-refractivity contribution in [3.05, 3.63) is 29.8 Å². The summed E-state index contributed by atoms with van der Waals surface area (Å²) in [5, 5.41) is 0.